The van der Waals surface area contributed by atoms with Gasteiger partial charge in [-0.2, -0.15) is 0 Å². The lowest BCUT2D eigenvalue weighted by molar-refractivity contribution is 0.541. The van der Waals surface area contributed by atoms with Gasteiger partial charge >= 0.3 is 0 Å². The first-order valence-corrected chi connectivity index (χ1v) is 8.89. The quantitative estimate of drug-likeness (QED) is 0.918. The molecule has 1 N–H and O–H groups in total. The molecule has 1 aromatic rings. The van der Waals surface area contributed by atoms with Crippen LogP contribution in [0.15, 0.2) is 29.2 Å². The standard InChI is InChI=1S/C17H27NOS/c1-5-18-15-7-6-8-16(15)20(19)14-11-9-13(10-12-14)17(2,3)4/h9-12,15-16,18H,5-8H2,1-4H3. The van der Waals surface area contributed by atoms with Gasteiger partial charge in [0, 0.05) is 10.9 Å². The maximum Gasteiger partial charge on any atom is 0.0576 e. The van der Waals surface area contributed by atoms with E-state index in [4.69, 9.17) is 0 Å². The molecule has 0 amide bonds. The van der Waals surface area contributed by atoms with Crippen LogP contribution in [0.5, 0.6) is 0 Å². The highest BCUT2D eigenvalue weighted by Crippen LogP contribution is 2.29. The first-order valence-electron chi connectivity index (χ1n) is 7.68. The van der Waals surface area contributed by atoms with E-state index < -0.39 is 10.8 Å². The highest BCUT2D eigenvalue weighted by Gasteiger charge is 2.32. The maximum absolute atomic E-state index is 12.8. The van der Waals surface area contributed by atoms with Crippen LogP contribution in [0.25, 0.3) is 0 Å². The van der Waals surface area contributed by atoms with E-state index in [1.807, 2.05) is 0 Å². The molecule has 1 aliphatic carbocycles. The van der Waals surface area contributed by atoms with Gasteiger partial charge in [-0.25, -0.2) is 0 Å². The minimum atomic E-state index is -0.888. The lowest BCUT2D eigenvalue weighted by Crippen LogP contribution is -2.37. The zero-order valence-corrected chi connectivity index (χ0v) is 13.9. The Hall–Kier alpha value is -0.670. The Morgan fingerprint density at radius 3 is 2.40 bits per heavy atom. The summed E-state index contributed by atoms with van der Waals surface area (Å²) in [6.45, 7) is 9.70. The first-order chi connectivity index (χ1) is 9.43. The summed E-state index contributed by atoms with van der Waals surface area (Å²) in [5, 5.41) is 3.76. The van der Waals surface area contributed by atoms with Gasteiger partial charge in [0.25, 0.3) is 0 Å². The maximum atomic E-state index is 12.8. The second kappa shape index (κ2) is 6.40. The summed E-state index contributed by atoms with van der Waals surface area (Å²) in [7, 11) is -0.888. The summed E-state index contributed by atoms with van der Waals surface area (Å²) in [5.41, 5.74) is 1.45. The number of benzene rings is 1. The van der Waals surface area contributed by atoms with Gasteiger partial charge in [0.15, 0.2) is 0 Å². The highest BCUT2D eigenvalue weighted by atomic mass is 32.2. The first kappa shape index (κ1) is 15.7. The molecule has 112 valence electrons. The minimum Gasteiger partial charge on any atom is -0.313 e. The molecule has 3 atom stereocenters. The number of nitrogens with one attached hydrogen (secondary N) is 1. The average Bonchev–Trinajstić information content (AvgIpc) is 2.86. The second-order valence-corrected chi connectivity index (χ2v) is 8.38. The summed E-state index contributed by atoms with van der Waals surface area (Å²) in [4.78, 5) is 0.979. The van der Waals surface area contributed by atoms with Crippen LogP contribution in [0.2, 0.25) is 0 Å². The molecule has 2 nitrogen and oxygen atoms in total. The van der Waals surface area contributed by atoms with Crippen LogP contribution >= 0.6 is 0 Å². The summed E-state index contributed by atoms with van der Waals surface area (Å²) in [6.07, 6.45) is 3.42. The Labute approximate surface area is 125 Å². The summed E-state index contributed by atoms with van der Waals surface area (Å²) < 4.78 is 12.8. The third kappa shape index (κ3) is 3.50. The number of hydrogen-bond donors (Lipinski definition) is 1. The largest absolute Gasteiger partial charge is 0.313 e. The third-order valence-electron chi connectivity index (χ3n) is 4.15. The average molecular weight is 293 g/mol. The van der Waals surface area contributed by atoms with Gasteiger partial charge < -0.3 is 5.32 Å². The van der Waals surface area contributed by atoms with E-state index in [2.05, 4.69) is 57.3 Å². The monoisotopic (exact) mass is 293 g/mol. The van der Waals surface area contributed by atoms with E-state index in [0.717, 1.165) is 24.3 Å². The molecule has 0 bridgehead atoms. The zero-order valence-electron chi connectivity index (χ0n) is 13.1. The Morgan fingerprint density at radius 1 is 1.20 bits per heavy atom. The Bertz CT molecular complexity index is 461. The van der Waals surface area contributed by atoms with Crippen molar-refractivity contribution in [3.05, 3.63) is 29.8 Å². The van der Waals surface area contributed by atoms with Crippen LogP contribution in [-0.4, -0.2) is 22.0 Å². The molecule has 1 saturated carbocycles. The predicted octanol–water partition coefficient (Wildman–Crippen LogP) is 3.62. The van der Waals surface area contributed by atoms with Crippen molar-refractivity contribution in [3.8, 4) is 0 Å². The Morgan fingerprint density at radius 2 is 1.85 bits per heavy atom. The smallest absolute Gasteiger partial charge is 0.0576 e. The van der Waals surface area contributed by atoms with Crippen LogP contribution < -0.4 is 5.32 Å². The Kier molecular flexibility index (Phi) is 5.03. The second-order valence-electron chi connectivity index (χ2n) is 6.71. The van der Waals surface area contributed by atoms with Crippen LogP contribution in [0, 0.1) is 0 Å². The van der Waals surface area contributed by atoms with Crippen LogP contribution in [-0.2, 0) is 16.2 Å². The molecule has 0 radical (unpaired) electrons. The van der Waals surface area contributed by atoms with E-state index >= 15 is 0 Å². The van der Waals surface area contributed by atoms with Crippen molar-refractivity contribution in [1.29, 1.82) is 0 Å². The molecule has 1 aliphatic rings. The fourth-order valence-electron chi connectivity index (χ4n) is 2.94. The number of hydrogen-bond acceptors (Lipinski definition) is 2. The fourth-order valence-corrected chi connectivity index (χ4v) is 4.61. The van der Waals surface area contributed by atoms with E-state index in [1.165, 1.54) is 12.0 Å². The van der Waals surface area contributed by atoms with Crippen LogP contribution in [0.4, 0.5) is 0 Å². The van der Waals surface area contributed by atoms with Crippen molar-refractivity contribution in [3.63, 3.8) is 0 Å². The van der Waals surface area contributed by atoms with Crippen LogP contribution in [0.3, 0.4) is 0 Å². The van der Waals surface area contributed by atoms with E-state index in [-0.39, 0.29) is 10.7 Å². The van der Waals surface area contributed by atoms with Gasteiger partial charge in [0.05, 0.1) is 16.0 Å². The Balaban J connectivity index is 2.13. The fraction of sp³-hybridized carbons (Fsp3) is 0.647. The van der Waals surface area contributed by atoms with Gasteiger partial charge in [-0.15, -0.1) is 0 Å². The van der Waals surface area contributed by atoms with Crippen LogP contribution in [0.1, 0.15) is 52.5 Å². The molecule has 0 aromatic heterocycles. The molecular formula is C17H27NOS. The van der Waals surface area contributed by atoms with E-state index in [0.29, 0.717) is 6.04 Å². The topological polar surface area (TPSA) is 29.1 Å². The molecule has 0 heterocycles. The normalized spacial score (nSPS) is 24.8. The highest BCUT2D eigenvalue weighted by molar-refractivity contribution is 7.85. The van der Waals surface area contributed by atoms with Gasteiger partial charge in [-0.1, -0.05) is 46.2 Å². The SMILES string of the molecule is CCNC1CCCC1S(=O)c1ccc(C(C)(C)C)cc1. The molecule has 0 saturated heterocycles. The van der Waals surface area contributed by atoms with Crippen molar-refractivity contribution in [1.82, 2.24) is 5.32 Å². The van der Waals surface area contributed by atoms with E-state index in [1.54, 1.807) is 0 Å². The number of rotatable bonds is 4. The molecule has 20 heavy (non-hydrogen) atoms. The van der Waals surface area contributed by atoms with Gasteiger partial charge in [-0.05, 0) is 42.5 Å². The van der Waals surface area contributed by atoms with Gasteiger partial charge in [0.1, 0.15) is 0 Å². The predicted molar refractivity (Wildman–Crippen MR) is 86.7 cm³/mol. The van der Waals surface area contributed by atoms with Gasteiger partial charge in [0.2, 0.25) is 0 Å². The summed E-state index contributed by atoms with van der Waals surface area (Å²) in [5.74, 6) is 0. The molecule has 1 fully saturated rings. The molecule has 3 unspecified atom stereocenters. The molecule has 0 spiro atoms. The lowest BCUT2D eigenvalue weighted by atomic mass is 9.87. The molecule has 3 heteroatoms. The van der Waals surface area contributed by atoms with Gasteiger partial charge in [-0.3, -0.25) is 4.21 Å². The molecule has 0 aliphatic heterocycles. The van der Waals surface area contributed by atoms with Crippen molar-refractivity contribution >= 4 is 10.8 Å². The third-order valence-corrected chi connectivity index (χ3v) is 6.00. The summed E-state index contributed by atoms with van der Waals surface area (Å²) in [6, 6.07) is 8.79. The summed E-state index contributed by atoms with van der Waals surface area (Å²) >= 11 is 0. The van der Waals surface area contributed by atoms with Crippen molar-refractivity contribution in [2.24, 2.45) is 0 Å². The molecule has 1 aromatic carbocycles. The molecule has 2 rings (SSSR count). The zero-order chi connectivity index (χ0) is 14.8. The van der Waals surface area contributed by atoms with E-state index in [9.17, 15) is 4.21 Å². The van der Waals surface area contributed by atoms with Crippen molar-refractivity contribution in [2.75, 3.05) is 6.54 Å². The lowest BCUT2D eigenvalue weighted by Gasteiger charge is -2.21. The van der Waals surface area contributed by atoms with Crippen molar-refractivity contribution < 1.29 is 4.21 Å². The van der Waals surface area contributed by atoms with Crippen molar-refractivity contribution in [2.45, 2.75) is 68.6 Å². The minimum absolute atomic E-state index is 0.152. The molecular weight excluding hydrogens is 266 g/mol.